The highest BCUT2D eigenvalue weighted by Crippen LogP contribution is 2.45. The predicted molar refractivity (Wildman–Crippen MR) is 165 cm³/mol. The standard InChI is InChI=1S/C38H24O/c1-3-11-25(12-4-1)27-19-22-33-34(23-27)38(28-20-21-30-29-15-9-10-18-35(29)39-36(30)24-28)32-17-8-7-16-31(32)37(33)26-13-5-2-6-14-26/h1-24H/i1D,3D,4D,11D,12D. The van der Waals surface area contributed by atoms with Crippen LogP contribution in [0.25, 0.3) is 76.9 Å². The number of furan rings is 1. The van der Waals surface area contributed by atoms with E-state index in [4.69, 9.17) is 11.3 Å². The fourth-order valence-electron chi connectivity index (χ4n) is 5.84. The summed E-state index contributed by atoms with van der Waals surface area (Å²) in [5, 5.41) is 6.17. The minimum atomic E-state index is -0.401. The van der Waals surface area contributed by atoms with Gasteiger partial charge in [-0.3, -0.25) is 0 Å². The summed E-state index contributed by atoms with van der Waals surface area (Å²) in [5.41, 5.74) is 6.48. The van der Waals surface area contributed by atoms with Gasteiger partial charge in [0.2, 0.25) is 0 Å². The van der Waals surface area contributed by atoms with Crippen molar-refractivity contribution in [2.45, 2.75) is 0 Å². The molecule has 39 heavy (non-hydrogen) atoms. The molecule has 0 unspecified atom stereocenters. The summed E-state index contributed by atoms with van der Waals surface area (Å²) in [5.74, 6) is 0. The zero-order valence-corrected chi connectivity index (χ0v) is 20.9. The summed E-state index contributed by atoms with van der Waals surface area (Å²) in [6.45, 7) is 0. The zero-order chi connectivity index (χ0) is 30.1. The Kier molecular flexibility index (Phi) is 3.89. The Labute approximate surface area is 233 Å². The topological polar surface area (TPSA) is 13.1 Å². The van der Waals surface area contributed by atoms with Crippen LogP contribution in [0.2, 0.25) is 0 Å². The second-order valence-electron chi connectivity index (χ2n) is 9.73. The van der Waals surface area contributed by atoms with Crippen LogP contribution < -0.4 is 0 Å². The first-order chi connectivity index (χ1) is 21.4. The molecule has 0 atom stereocenters. The lowest BCUT2D eigenvalue weighted by molar-refractivity contribution is 0.669. The summed E-state index contributed by atoms with van der Waals surface area (Å²) in [7, 11) is 0. The van der Waals surface area contributed by atoms with Crippen molar-refractivity contribution in [2.24, 2.45) is 0 Å². The van der Waals surface area contributed by atoms with Crippen LogP contribution in [0, 0.1) is 0 Å². The summed E-state index contributed by atoms with van der Waals surface area (Å²) < 4.78 is 48.3. The van der Waals surface area contributed by atoms with Crippen LogP contribution in [0.5, 0.6) is 0 Å². The highest BCUT2D eigenvalue weighted by Gasteiger charge is 2.18. The second kappa shape index (κ2) is 8.72. The highest BCUT2D eigenvalue weighted by atomic mass is 16.3. The monoisotopic (exact) mass is 501 g/mol. The highest BCUT2D eigenvalue weighted by molar-refractivity contribution is 6.22. The van der Waals surface area contributed by atoms with Gasteiger partial charge in [0.05, 0.1) is 6.85 Å². The number of benzene rings is 7. The third-order valence-corrected chi connectivity index (χ3v) is 7.54. The van der Waals surface area contributed by atoms with Crippen molar-refractivity contribution < 1.29 is 11.3 Å². The van der Waals surface area contributed by atoms with E-state index in [0.29, 0.717) is 5.56 Å². The minimum Gasteiger partial charge on any atom is -0.456 e. The van der Waals surface area contributed by atoms with Crippen molar-refractivity contribution in [3.63, 3.8) is 0 Å². The van der Waals surface area contributed by atoms with Crippen molar-refractivity contribution in [2.75, 3.05) is 0 Å². The molecule has 0 amide bonds. The summed E-state index contributed by atoms with van der Waals surface area (Å²) >= 11 is 0. The van der Waals surface area contributed by atoms with Gasteiger partial charge in [-0.2, -0.15) is 0 Å². The normalized spacial score (nSPS) is 13.4. The lowest BCUT2D eigenvalue weighted by Crippen LogP contribution is -1.91. The molecule has 7 aromatic carbocycles. The van der Waals surface area contributed by atoms with E-state index in [1.54, 1.807) is 0 Å². The van der Waals surface area contributed by atoms with E-state index in [2.05, 4.69) is 48.5 Å². The average Bonchev–Trinajstić information content (AvgIpc) is 3.43. The average molecular weight is 502 g/mol. The van der Waals surface area contributed by atoms with Crippen LogP contribution in [-0.4, -0.2) is 0 Å². The molecule has 0 spiro atoms. The molecule has 1 nitrogen and oxygen atoms in total. The molecule has 1 heterocycles. The number of fused-ring (bicyclic) bond motifs is 5. The van der Waals surface area contributed by atoms with Gasteiger partial charge in [0.15, 0.2) is 0 Å². The maximum atomic E-state index is 8.66. The van der Waals surface area contributed by atoms with Crippen LogP contribution in [-0.2, 0) is 0 Å². The first kappa shape index (κ1) is 17.4. The Bertz CT molecular complexity index is 2410. The maximum Gasteiger partial charge on any atom is 0.136 e. The number of hydrogen-bond donors (Lipinski definition) is 0. The fraction of sp³-hybridized carbons (Fsp3) is 0. The fourth-order valence-corrected chi connectivity index (χ4v) is 5.84. The largest absolute Gasteiger partial charge is 0.456 e. The lowest BCUT2D eigenvalue weighted by atomic mass is 9.84. The van der Waals surface area contributed by atoms with E-state index in [-0.39, 0.29) is 29.7 Å². The third-order valence-electron chi connectivity index (χ3n) is 7.54. The van der Waals surface area contributed by atoms with Gasteiger partial charge >= 0.3 is 0 Å². The van der Waals surface area contributed by atoms with Crippen LogP contribution in [0.3, 0.4) is 0 Å². The SMILES string of the molecule is [2H]c1c([2H])c([2H])c(-c2ccc3c(-c4ccccc4)c4ccccc4c(-c4ccc5c(c4)oc4ccccc45)c3c2)c([2H])c1[2H]. The van der Waals surface area contributed by atoms with Gasteiger partial charge in [0.25, 0.3) is 0 Å². The molecule has 8 aromatic rings. The Morgan fingerprint density at radius 1 is 0.385 bits per heavy atom. The van der Waals surface area contributed by atoms with Gasteiger partial charge in [-0.15, -0.1) is 0 Å². The molecule has 1 aromatic heterocycles. The van der Waals surface area contributed by atoms with Crippen LogP contribution in [0.1, 0.15) is 6.85 Å². The van der Waals surface area contributed by atoms with Gasteiger partial charge in [0, 0.05) is 10.8 Å². The summed E-state index contributed by atoms with van der Waals surface area (Å²) in [6.07, 6.45) is 0. The molecule has 0 aliphatic rings. The van der Waals surface area contributed by atoms with Crippen molar-refractivity contribution in [1.82, 2.24) is 0 Å². The van der Waals surface area contributed by atoms with Crippen molar-refractivity contribution >= 4 is 43.5 Å². The Morgan fingerprint density at radius 3 is 1.77 bits per heavy atom. The zero-order valence-electron chi connectivity index (χ0n) is 25.9. The Morgan fingerprint density at radius 2 is 0.974 bits per heavy atom. The summed E-state index contributed by atoms with van der Waals surface area (Å²) in [6, 6.07) is 37.2. The molecular formula is C38H24O. The molecule has 0 fully saturated rings. The van der Waals surface area contributed by atoms with E-state index in [0.717, 1.165) is 65.7 Å². The number of rotatable bonds is 3. The summed E-state index contributed by atoms with van der Waals surface area (Å²) in [4.78, 5) is 0. The number of para-hydroxylation sites is 1. The van der Waals surface area contributed by atoms with Gasteiger partial charge in [-0.05, 0) is 79.2 Å². The third kappa shape index (κ3) is 3.48. The molecule has 8 rings (SSSR count). The van der Waals surface area contributed by atoms with Gasteiger partial charge in [-0.25, -0.2) is 0 Å². The van der Waals surface area contributed by atoms with E-state index >= 15 is 0 Å². The van der Waals surface area contributed by atoms with E-state index in [1.807, 2.05) is 66.7 Å². The van der Waals surface area contributed by atoms with Crippen LogP contribution >= 0.6 is 0 Å². The Hall–Kier alpha value is -5.14. The van der Waals surface area contributed by atoms with Gasteiger partial charge in [-0.1, -0.05) is 121 Å². The molecule has 0 saturated heterocycles. The predicted octanol–water partition coefficient (Wildman–Crippen LogP) is 10.9. The smallest absolute Gasteiger partial charge is 0.136 e. The van der Waals surface area contributed by atoms with E-state index in [9.17, 15) is 0 Å². The van der Waals surface area contributed by atoms with Gasteiger partial charge in [0.1, 0.15) is 11.2 Å². The van der Waals surface area contributed by atoms with E-state index in [1.165, 1.54) is 0 Å². The molecule has 0 aliphatic heterocycles. The maximum absolute atomic E-state index is 8.66. The Balaban J connectivity index is 1.52. The molecule has 0 radical (unpaired) electrons. The molecule has 0 aliphatic carbocycles. The van der Waals surface area contributed by atoms with Crippen LogP contribution in [0.4, 0.5) is 0 Å². The molecule has 1 heteroatoms. The minimum absolute atomic E-state index is 0.186. The quantitative estimate of drug-likeness (QED) is 0.219. The number of hydrogen-bond acceptors (Lipinski definition) is 1. The van der Waals surface area contributed by atoms with E-state index < -0.39 is 6.04 Å². The van der Waals surface area contributed by atoms with Crippen LogP contribution in [0.15, 0.2) is 150 Å². The van der Waals surface area contributed by atoms with Crippen molar-refractivity contribution in [1.29, 1.82) is 0 Å². The lowest BCUT2D eigenvalue weighted by Gasteiger charge is -2.18. The molecule has 0 bridgehead atoms. The molecule has 0 N–H and O–H groups in total. The first-order valence-electron chi connectivity index (χ1n) is 15.4. The molecule has 0 saturated carbocycles. The first-order valence-corrected chi connectivity index (χ1v) is 12.9. The van der Waals surface area contributed by atoms with Gasteiger partial charge < -0.3 is 4.42 Å². The van der Waals surface area contributed by atoms with Crippen molar-refractivity contribution in [3.05, 3.63) is 145 Å². The molecular weight excluding hydrogens is 472 g/mol. The second-order valence-corrected chi connectivity index (χ2v) is 9.73. The van der Waals surface area contributed by atoms with Crippen molar-refractivity contribution in [3.8, 4) is 33.4 Å². The molecule has 182 valence electrons.